The molecule has 0 amide bonds. The summed E-state index contributed by atoms with van der Waals surface area (Å²) in [5, 5.41) is 0. The van der Waals surface area contributed by atoms with E-state index in [4.69, 9.17) is 15.5 Å². The molecule has 0 atom stereocenters. The Morgan fingerprint density at radius 3 is 2.76 bits per heavy atom. The van der Waals surface area contributed by atoms with Crippen molar-refractivity contribution < 1.29 is 4.74 Å². The van der Waals surface area contributed by atoms with Gasteiger partial charge in [0.15, 0.2) is 11.6 Å². The number of rotatable bonds is 4. The molecule has 0 bridgehead atoms. The van der Waals surface area contributed by atoms with Gasteiger partial charge in [0, 0.05) is 25.2 Å². The summed E-state index contributed by atoms with van der Waals surface area (Å²) in [4.78, 5) is 19.5. The lowest BCUT2D eigenvalue weighted by atomic mass is 10.1. The van der Waals surface area contributed by atoms with Gasteiger partial charge in [0.2, 0.25) is 0 Å². The number of H-pyrrole nitrogens is 1. The minimum atomic E-state index is 0.359. The molecule has 29 heavy (non-hydrogen) atoms. The number of nitrogens with one attached hydrogen (secondary N) is 1. The number of hydrogen-bond acceptors (Lipinski definition) is 6. The standard InChI is InChI=1S/C22H22N6O/c23-21-20(22-26-17-6-1-2-7-18(17)27-22)25-19(13-24-21)16-5-3-4-15(12-16)14-28-8-10-29-11-9-28/h1-7,12-13H,8-11,14H2,(H2,23,24)(H,26,27). The first-order valence-corrected chi connectivity index (χ1v) is 9.73. The van der Waals surface area contributed by atoms with Crippen molar-refractivity contribution in [2.75, 3.05) is 32.0 Å². The molecule has 0 unspecified atom stereocenters. The molecule has 1 fully saturated rings. The van der Waals surface area contributed by atoms with Crippen LogP contribution in [0.2, 0.25) is 0 Å². The number of ether oxygens (including phenoxy) is 1. The topological polar surface area (TPSA) is 92.9 Å². The van der Waals surface area contributed by atoms with Gasteiger partial charge >= 0.3 is 0 Å². The fourth-order valence-corrected chi connectivity index (χ4v) is 3.62. The van der Waals surface area contributed by atoms with Crippen molar-refractivity contribution in [3.05, 3.63) is 60.3 Å². The van der Waals surface area contributed by atoms with Gasteiger partial charge in [-0.05, 0) is 23.8 Å². The quantitative estimate of drug-likeness (QED) is 0.560. The van der Waals surface area contributed by atoms with E-state index in [9.17, 15) is 0 Å². The van der Waals surface area contributed by atoms with Crippen LogP contribution in [0.5, 0.6) is 0 Å². The average molecular weight is 386 g/mol. The molecule has 146 valence electrons. The predicted molar refractivity (Wildman–Crippen MR) is 113 cm³/mol. The second-order valence-electron chi connectivity index (χ2n) is 7.18. The number of anilines is 1. The predicted octanol–water partition coefficient (Wildman–Crippen LogP) is 3.10. The first-order valence-electron chi connectivity index (χ1n) is 9.73. The van der Waals surface area contributed by atoms with E-state index in [1.54, 1.807) is 6.20 Å². The van der Waals surface area contributed by atoms with E-state index in [0.717, 1.165) is 55.1 Å². The van der Waals surface area contributed by atoms with Gasteiger partial charge in [-0.25, -0.2) is 15.0 Å². The Labute approximate surface area is 168 Å². The Morgan fingerprint density at radius 2 is 1.90 bits per heavy atom. The number of nitrogen functional groups attached to an aromatic ring is 1. The van der Waals surface area contributed by atoms with Crippen molar-refractivity contribution in [3.8, 4) is 22.8 Å². The molecular formula is C22H22N6O. The molecule has 7 nitrogen and oxygen atoms in total. The fraction of sp³-hybridized carbons (Fsp3) is 0.227. The fourth-order valence-electron chi connectivity index (χ4n) is 3.62. The van der Waals surface area contributed by atoms with Crippen molar-refractivity contribution in [1.82, 2.24) is 24.8 Å². The molecule has 2 aromatic carbocycles. The Hall–Kier alpha value is -3.29. The van der Waals surface area contributed by atoms with E-state index in [0.29, 0.717) is 17.3 Å². The molecule has 0 aliphatic carbocycles. The van der Waals surface area contributed by atoms with Crippen LogP contribution in [0.4, 0.5) is 5.82 Å². The number of aromatic amines is 1. The second kappa shape index (κ2) is 7.62. The van der Waals surface area contributed by atoms with Gasteiger partial charge in [-0.3, -0.25) is 4.90 Å². The maximum atomic E-state index is 6.12. The number of aromatic nitrogens is 4. The molecule has 4 aromatic rings. The maximum absolute atomic E-state index is 6.12. The highest BCUT2D eigenvalue weighted by atomic mass is 16.5. The summed E-state index contributed by atoms with van der Waals surface area (Å²) in [6, 6.07) is 16.3. The summed E-state index contributed by atoms with van der Waals surface area (Å²) < 4.78 is 5.44. The van der Waals surface area contributed by atoms with Crippen molar-refractivity contribution >= 4 is 16.9 Å². The van der Waals surface area contributed by atoms with Crippen molar-refractivity contribution in [1.29, 1.82) is 0 Å². The molecule has 0 saturated carbocycles. The normalized spacial score (nSPS) is 15.0. The van der Waals surface area contributed by atoms with Crippen LogP contribution in [-0.2, 0) is 11.3 Å². The van der Waals surface area contributed by atoms with Gasteiger partial charge in [-0.1, -0.05) is 30.3 Å². The molecule has 0 radical (unpaired) electrons. The van der Waals surface area contributed by atoms with Gasteiger partial charge in [0.1, 0.15) is 5.69 Å². The monoisotopic (exact) mass is 386 g/mol. The number of morpholine rings is 1. The smallest absolute Gasteiger partial charge is 0.161 e. The Kier molecular flexibility index (Phi) is 4.67. The van der Waals surface area contributed by atoms with E-state index in [-0.39, 0.29) is 0 Å². The first-order chi connectivity index (χ1) is 14.3. The molecule has 0 spiro atoms. The number of para-hydroxylation sites is 2. The molecule has 5 rings (SSSR count). The lowest BCUT2D eigenvalue weighted by Gasteiger charge is -2.26. The van der Waals surface area contributed by atoms with Crippen molar-refractivity contribution in [2.24, 2.45) is 0 Å². The van der Waals surface area contributed by atoms with Crippen LogP contribution >= 0.6 is 0 Å². The summed E-state index contributed by atoms with van der Waals surface area (Å²) >= 11 is 0. The molecule has 1 aliphatic rings. The van der Waals surface area contributed by atoms with Gasteiger partial charge in [0.25, 0.3) is 0 Å². The molecule has 3 heterocycles. The Morgan fingerprint density at radius 1 is 1.03 bits per heavy atom. The van der Waals surface area contributed by atoms with Gasteiger partial charge in [-0.15, -0.1) is 0 Å². The molecular weight excluding hydrogens is 364 g/mol. The summed E-state index contributed by atoms with van der Waals surface area (Å²) in [6.07, 6.45) is 1.72. The SMILES string of the molecule is Nc1ncc(-c2cccc(CN3CCOCC3)c2)nc1-c1nc2ccccc2[nH]1. The maximum Gasteiger partial charge on any atom is 0.161 e. The van der Waals surface area contributed by atoms with Gasteiger partial charge < -0.3 is 15.5 Å². The third-order valence-electron chi connectivity index (χ3n) is 5.15. The van der Waals surface area contributed by atoms with Crippen LogP contribution < -0.4 is 5.73 Å². The summed E-state index contributed by atoms with van der Waals surface area (Å²) in [5.41, 5.74) is 11.5. The zero-order chi connectivity index (χ0) is 19.6. The highest BCUT2D eigenvalue weighted by Gasteiger charge is 2.14. The number of nitrogens with two attached hydrogens (primary N) is 1. The summed E-state index contributed by atoms with van der Waals surface area (Å²) in [6.45, 7) is 4.41. The molecule has 2 aromatic heterocycles. The minimum absolute atomic E-state index is 0.359. The van der Waals surface area contributed by atoms with Crippen LogP contribution in [0, 0.1) is 0 Å². The van der Waals surface area contributed by atoms with Crippen LogP contribution in [0.1, 0.15) is 5.56 Å². The first kappa shape index (κ1) is 17.8. The van der Waals surface area contributed by atoms with E-state index in [2.05, 4.69) is 38.1 Å². The minimum Gasteiger partial charge on any atom is -0.382 e. The van der Waals surface area contributed by atoms with Crippen molar-refractivity contribution in [2.45, 2.75) is 6.54 Å². The van der Waals surface area contributed by atoms with E-state index in [1.807, 2.05) is 30.3 Å². The van der Waals surface area contributed by atoms with E-state index in [1.165, 1.54) is 5.56 Å². The Balaban J connectivity index is 1.47. The van der Waals surface area contributed by atoms with Crippen LogP contribution in [0.15, 0.2) is 54.7 Å². The summed E-state index contributed by atoms with van der Waals surface area (Å²) in [5.74, 6) is 0.986. The summed E-state index contributed by atoms with van der Waals surface area (Å²) in [7, 11) is 0. The van der Waals surface area contributed by atoms with E-state index >= 15 is 0 Å². The highest BCUT2D eigenvalue weighted by Crippen LogP contribution is 2.26. The molecule has 1 saturated heterocycles. The number of imidazole rings is 1. The van der Waals surface area contributed by atoms with Crippen LogP contribution in [0.3, 0.4) is 0 Å². The third-order valence-corrected chi connectivity index (χ3v) is 5.15. The van der Waals surface area contributed by atoms with Crippen molar-refractivity contribution in [3.63, 3.8) is 0 Å². The van der Waals surface area contributed by atoms with Crippen LogP contribution in [-0.4, -0.2) is 51.1 Å². The lowest BCUT2D eigenvalue weighted by molar-refractivity contribution is 0.0342. The highest BCUT2D eigenvalue weighted by molar-refractivity contribution is 5.81. The lowest BCUT2D eigenvalue weighted by Crippen LogP contribution is -2.35. The average Bonchev–Trinajstić information content (AvgIpc) is 3.19. The van der Waals surface area contributed by atoms with Gasteiger partial charge in [0.05, 0.1) is 36.1 Å². The Bertz CT molecular complexity index is 1120. The zero-order valence-corrected chi connectivity index (χ0v) is 16.0. The van der Waals surface area contributed by atoms with Crippen LogP contribution in [0.25, 0.3) is 33.8 Å². The molecule has 1 aliphatic heterocycles. The molecule has 3 N–H and O–H groups in total. The number of benzene rings is 2. The van der Waals surface area contributed by atoms with E-state index < -0.39 is 0 Å². The largest absolute Gasteiger partial charge is 0.382 e. The number of fused-ring (bicyclic) bond motifs is 1. The second-order valence-corrected chi connectivity index (χ2v) is 7.18. The molecule has 7 heteroatoms. The zero-order valence-electron chi connectivity index (χ0n) is 16.0. The number of hydrogen-bond donors (Lipinski definition) is 2. The third kappa shape index (κ3) is 3.70. The van der Waals surface area contributed by atoms with Gasteiger partial charge in [-0.2, -0.15) is 0 Å². The number of nitrogens with zero attached hydrogens (tertiary/aromatic N) is 4.